The number of aliphatic hydroxyl groups excluding tert-OH is 1. The largest absolute Gasteiger partial charge is 0.491 e. The third-order valence-corrected chi connectivity index (χ3v) is 5.41. The number of nitrogens with zero attached hydrogens (tertiary/aromatic N) is 2. The number of ether oxygens (including phenoxy) is 4. The zero-order chi connectivity index (χ0) is 20.7. The van der Waals surface area contributed by atoms with E-state index in [0.717, 1.165) is 5.56 Å². The Morgan fingerprint density at radius 3 is 2.77 bits per heavy atom. The van der Waals surface area contributed by atoms with Gasteiger partial charge in [0.1, 0.15) is 37.3 Å². The van der Waals surface area contributed by atoms with Gasteiger partial charge in [-0.3, -0.25) is 0 Å². The van der Waals surface area contributed by atoms with Crippen molar-refractivity contribution in [2.75, 3.05) is 26.5 Å². The molecule has 2 aliphatic rings. The first-order valence-electron chi connectivity index (χ1n) is 9.56. The average molecular weight is 436 g/mol. The lowest BCUT2D eigenvalue weighted by Crippen LogP contribution is -2.34. The highest BCUT2D eigenvalue weighted by atomic mass is 35.5. The van der Waals surface area contributed by atoms with Gasteiger partial charge in [0.05, 0.1) is 29.4 Å². The molecular formula is C20H19ClFN3O5. The smallest absolute Gasteiger partial charge is 0.296 e. The standard InChI is InChI=1S/C20H19ClFN3O5/c21-12-7-13-19(24-16(12)10-1-3-11(4-2-10)27-6-5-22)25-20(23-13)30-15-9-29-17-14(26)8-28-18(15)17/h1-4,7,14-15,17-18,26H,5-6,8-9H2,(H,23,24,25)/t14-,15-,17-,18-/m1/s1. The van der Waals surface area contributed by atoms with Crippen LogP contribution in [0.15, 0.2) is 30.3 Å². The fourth-order valence-electron chi connectivity index (χ4n) is 3.71. The van der Waals surface area contributed by atoms with Gasteiger partial charge in [-0.25, -0.2) is 9.37 Å². The summed E-state index contributed by atoms with van der Waals surface area (Å²) in [6, 6.07) is 9.08. The van der Waals surface area contributed by atoms with Crippen molar-refractivity contribution >= 4 is 22.8 Å². The highest BCUT2D eigenvalue weighted by molar-refractivity contribution is 6.33. The molecule has 0 aliphatic carbocycles. The lowest BCUT2D eigenvalue weighted by Gasteiger charge is -2.15. The van der Waals surface area contributed by atoms with Crippen LogP contribution in [-0.2, 0) is 9.47 Å². The van der Waals surface area contributed by atoms with E-state index >= 15 is 0 Å². The Kier molecular flexibility index (Phi) is 5.20. The zero-order valence-electron chi connectivity index (χ0n) is 15.8. The molecule has 1 aromatic carbocycles. The second-order valence-corrected chi connectivity index (χ2v) is 7.52. The fourth-order valence-corrected chi connectivity index (χ4v) is 3.97. The minimum Gasteiger partial charge on any atom is -0.491 e. The highest BCUT2D eigenvalue weighted by Crippen LogP contribution is 2.32. The molecule has 158 valence electrons. The second kappa shape index (κ2) is 7.99. The summed E-state index contributed by atoms with van der Waals surface area (Å²) in [5, 5.41) is 10.3. The Bertz CT molecular complexity index is 1050. The molecule has 2 N–H and O–H groups in total. The predicted molar refractivity (Wildman–Crippen MR) is 106 cm³/mol. The quantitative estimate of drug-likeness (QED) is 0.613. The lowest BCUT2D eigenvalue weighted by molar-refractivity contribution is 0.00706. The van der Waals surface area contributed by atoms with Crippen LogP contribution in [-0.4, -0.2) is 71.0 Å². The molecule has 2 saturated heterocycles. The first-order valence-corrected chi connectivity index (χ1v) is 9.93. The van der Waals surface area contributed by atoms with Crippen molar-refractivity contribution < 1.29 is 28.4 Å². The molecule has 2 aliphatic heterocycles. The number of rotatable bonds is 6. The number of nitrogens with one attached hydrogen (secondary N) is 1. The summed E-state index contributed by atoms with van der Waals surface area (Å²) >= 11 is 6.43. The molecule has 0 saturated carbocycles. The monoisotopic (exact) mass is 435 g/mol. The summed E-state index contributed by atoms with van der Waals surface area (Å²) in [5.74, 6) is 0.570. The topological polar surface area (TPSA) is 98.7 Å². The molecule has 2 fully saturated rings. The number of fused-ring (bicyclic) bond motifs is 2. The summed E-state index contributed by atoms with van der Waals surface area (Å²) in [6.45, 7) is 0.00160. The van der Waals surface area contributed by atoms with Gasteiger partial charge in [0.2, 0.25) is 0 Å². The predicted octanol–water partition coefficient (Wildman–Crippen LogP) is 2.53. The van der Waals surface area contributed by atoms with Crippen LogP contribution in [0.5, 0.6) is 11.8 Å². The van der Waals surface area contributed by atoms with Crippen LogP contribution in [0.1, 0.15) is 0 Å². The molecule has 10 heteroatoms. The van der Waals surface area contributed by atoms with Crippen LogP contribution < -0.4 is 9.47 Å². The van der Waals surface area contributed by atoms with Crippen molar-refractivity contribution in [2.45, 2.75) is 24.4 Å². The Morgan fingerprint density at radius 2 is 1.97 bits per heavy atom. The Hall–Kier alpha value is -2.46. The van der Waals surface area contributed by atoms with Crippen LogP contribution in [0.3, 0.4) is 0 Å². The Balaban J connectivity index is 1.37. The first-order chi connectivity index (χ1) is 14.6. The maximum absolute atomic E-state index is 12.2. The van der Waals surface area contributed by atoms with Gasteiger partial charge in [-0.15, -0.1) is 0 Å². The van der Waals surface area contributed by atoms with E-state index in [4.69, 9.17) is 30.5 Å². The SMILES string of the molecule is O[C@@H]1CO[C@H]2[C@@H]1OC[C@H]2Oc1nc2nc(-c3ccc(OCCF)cc3)c(Cl)cc2[nH]1. The van der Waals surface area contributed by atoms with Crippen molar-refractivity contribution in [2.24, 2.45) is 0 Å². The van der Waals surface area contributed by atoms with Gasteiger partial charge in [-0.1, -0.05) is 11.6 Å². The fraction of sp³-hybridized carbons (Fsp3) is 0.400. The number of aromatic amines is 1. The summed E-state index contributed by atoms with van der Waals surface area (Å²) < 4.78 is 34.5. The number of aliphatic hydroxyl groups is 1. The molecule has 4 atom stereocenters. The summed E-state index contributed by atoms with van der Waals surface area (Å²) in [4.78, 5) is 12.0. The van der Waals surface area contributed by atoms with E-state index in [-0.39, 0.29) is 37.5 Å². The average Bonchev–Trinajstić information content (AvgIpc) is 3.43. The van der Waals surface area contributed by atoms with E-state index in [2.05, 4.69) is 15.0 Å². The molecule has 3 aromatic rings. The van der Waals surface area contributed by atoms with Crippen molar-refractivity contribution in [3.05, 3.63) is 35.4 Å². The molecule has 30 heavy (non-hydrogen) atoms. The number of hydrogen-bond donors (Lipinski definition) is 2. The third kappa shape index (κ3) is 3.58. The van der Waals surface area contributed by atoms with E-state index in [9.17, 15) is 9.50 Å². The normalized spacial score (nSPS) is 25.6. The molecule has 0 bridgehead atoms. The number of alkyl halides is 1. The number of hydrogen-bond acceptors (Lipinski definition) is 7. The summed E-state index contributed by atoms with van der Waals surface area (Å²) in [6.07, 6.45) is -1.73. The number of H-pyrrole nitrogens is 1. The lowest BCUT2D eigenvalue weighted by atomic mass is 10.1. The van der Waals surface area contributed by atoms with E-state index in [0.29, 0.717) is 34.2 Å². The van der Waals surface area contributed by atoms with E-state index in [1.165, 1.54) is 0 Å². The van der Waals surface area contributed by atoms with Crippen LogP contribution in [0.4, 0.5) is 4.39 Å². The number of pyridine rings is 1. The minimum atomic E-state index is -0.643. The number of imidazole rings is 1. The molecule has 5 rings (SSSR count). The second-order valence-electron chi connectivity index (χ2n) is 7.11. The molecule has 0 unspecified atom stereocenters. The Morgan fingerprint density at radius 1 is 1.17 bits per heavy atom. The van der Waals surface area contributed by atoms with Crippen LogP contribution in [0, 0.1) is 0 Å². The molecule has 0 amide bonds. The van der Waals surface area contributed by atoms with Crippen molar-refractivity contribution in [1.29, 1.82) is 0 Å². The number of aromatic nitrogens is 3. The van der Waals surface area contributed by atoms with E-state index in [1.54, 1.807) is 30.3 Å². The Labute approximate surface area is 175 Å². The molecular weight excluding hydrogens is 417 g/mol. The molecule has 0 spiro atoms. The van der Waals surface area contributed by atoms with Gasteiger partial charge in [0, 0.05) is 5.56 Å². The van der Waals surface area contributed by atoms with Gasteiger partial charge in [0.15, 0.2) is 11.8 Å². The molecule has 2 aromatic heterocycles. The van der Waals surface area contributed by atoms with E-state index in [1.807, 2.05) is 0 Å². The van der Waals surface area contributed by atoms with Gasteiger partial charge >= 0.3 is 0 Å². The van der Waals surface area contributed by atoms with Crippen LogP contribution >= 0.6 is 11.6 Å². The van der Waals surface area contributed by atoms with Gasteiger partial charge < -0.3 is 29.0 Å². The zero-order valence-corrected chi connectivity index (χ0v) is 16.5. The third-order valence-electron chi connectivity index (χ3n) is 5.12. The highest BCUT2D eigenvalue weighted by Gasteiger charge is 2.48. The first kappa shape index (κ1) is 19.5. The van der Waals surface area contributed by atoms with Gasteiger partial charge in [-0.2, -0.15) is 4.98 Å². The number of halogens is 2. The van der Waals surface area contributed by atoms with Crippen molar-refractivity contribution in [1.82, 2.24) is 15.0 Å². The molecule has 4 heterocycles. The maximum atomic E-state index is 12.2. The summed E-state index contributed by atoms with van der Waals surface area (Å²) in [5.41, 5.74) is 2.42. The maximum Gasteiger partial charge on any atom is 0.296 e. The summed E-state index contributed by atoms with van der Waals surface area (Å²) in [7, 11) is 0. The van der Waals surface area contributed by atoms with Crippen molar-refractivity contribution in [3.63, 3.8) is 0 Å². The van der Waals surface area contributed by atoms with Gasteiger partial charge in [-0.05, 0) is 30.3 Å². The van der Waals surface area contributed by atoms with Gasteiger partial charge in [0.25, 0.3) is 6.01 Å². The molecule has 0 radical (unpaired) electrons. The number of benzene rings is 1. The van der Waals surface area contributed by atoms with E-state index < -0.39 is 12.8 Å². The minimum absolute atomic E-state index is 0.0119. The van der Waals surface area contributed by atoms with Crippen LogP contribution in [0.25, 0.3) is 22.4 Å². The molecule has 8 nitrogen and oxygen atoms in total. The van der Waals surface area contributed by atoms with Crippen molar-refractivity contribution in [3.8, 4) is 23.0 Å². The van der Waals surface area contributed by atoms with Crippen LogP contribution in [0.2, 0.25) is 5.02 Å².